The first-order valence-electron chi connectivity index (χ1n) is 8.54. The second-order valence-corrected chi connectivity index (χ2v) is 6.75. The fourth-order valence-electron chi connectivity index (χ4n) is 2.93. The van der Waals surface area contributed by atoms with E-state index in [2.05, 4.69) is 10.3 Å². The first kappa shape index (κ1) is 19.2. The van der Waals surface area contributed by atoms with Crippen LogP contribution in [0.4, 0.5) is 5.69 Å². The van der Waals surface area contributed by atoms with Gasteiger partial charge >= 0.3 is 11.9 Å². The minimum atomic E-state index is -1.29. The summed E-state index contributed by atoms with van der Waals surface area (Å²) in [5.41, 5.74) is 1.03. The van der Waals surface area contributed by atoms with E-state index in [9.17, 15) is 19.5 Å². The summed E-state index contributed by atoms with van der Waals surface area (Å²) in [4.78, 5) is 37.2. The molecule has 1 heterocycles. The van der Waals surface area contributed by atoms with Crippen LogP contribution in [0.25, 0.3) is 10.9 Å². The molecule has 1 saturated carbocycles. The monoisotopic (exact) mass is 394 g/mol. The van der Waals surface area contributed by atoms with Crippen molar-refractivity contribution in [2.24, 2.45) is 0 Å². The number of halogens is 1. The number of carboxylic acid groups (broad SMARTS) is 2. The third-order valence-corrected chi connectivity index (χ3v) is 4.80. The second kappa shape index (κ2) is 7.98. The Bertz CT molecular complexity index is 951. The van der Waals surface area contributed by atoms with E-state index in [0.29, 0.717) is 22.8 Å². The van der Waals surface area contributed by atoms with E-state index < -0.39 is 17.4 Å². The molecule has 3 rings (SSSR count). The van der Waals surface area contributed by atoms with Gasteiger partial charge in [0, 0.05) is 23.7 Å². The molecule has 4 N–H and O–H groups in total. The zero-order chi connectivity index (χ0) is 19.6. The van der Waals surface area contributed by atoms with Crippen molar-refractivity contribution in [3.05, 3.63) is 38.6 Å². The zero-order valence-electron chi connectivity index (χ0n) is 14.4. The van der Waals surface area contributed by atoms with Crippen molar-refractivity contribution in [2.75, 3.05) is 25.1 Å². The summed E-state index contributed by atoms with van der Waals surface area (Å²) in [5, 5.41) is 21.6. The Morgan fingerprint density at radius 2 is 2.04 bits per heavy atom. The predicted molar refractivity (Wildman–Crippen MR) is 100 cm³/mol. The van der Waals surface area contributed by atoms with Crippen molar-refractivity contribution >= 4 is 40.1 Å². The van der Waals surface area contributed by atoms with Crippen LogP contribution in [0.3, 0.4) is 0 Å². The van der Waals surface area contributed by atoms with Crippen LogP contribution in [0.1, 0.15) is 41.1 Å². The highest BCUT2D eigenvalue weighted by Crippen LogP contribution is 2.47. The Labute approximate surface area is 159 Å². The van der Waals surface area contributed by atoms with Gasteiger partial charge in [0.05, 0.1) is 35.9 Å². The van der Waals surface area contributed by atoms with Gasteiger partial charge in [0.1, 0.15) is 5.56 Å². The Morgan fingerprint density at radius 1 is 1.30 bits per heavy atom. The Balaban J connectivity index is 1.87. The highest BCUT2D eigenvalue weighted by molar-refractivity contribution is 6.35. The fraction of sp³-hybridized carbons (Fsp3) is 0.389. The van der Waals surface area contributed by atoms with Crippen LogP contribution in [0.15, 0.2) is 17.1 Å². The van der Waals surface area contributed by atoms with Crippen molar-refractivity contribution in [3.63, 3.8) is 0 Å². The number of hydrogen-bond acceptors (Lipinski definition) is 5. The molecule has 0 saturated heterocycles. The number of aliphatic carboxylic acids is 1. The SMILES string of the molecule is O=C(O)CCOCCNc1cc2c(=O)c(C(=O)O)c[nH]c2c(C2CC2)c1Cl. The molecule has 9 heteroatoms. The van der Waals surface area contributed by atoms with Crippen LogP contribution in [0, 0.1) is 0 Å². The summed E-state index contributed by atoms with van der Waals surface area (Å²) in [6, 6.07) is 1.55. The van der Waals surface area contributed by atoms with Gasteiger partial charge in [-0.15, -0.1) is 0 Å². The summed E-state index contributed by atoms with van der Waals surface area (Å²) in [6.45, 7) is 0.745. The Morgan fingerprint density at radius 3 is 2.67 bits per heavy atom. The lowest BCUT2D eigenvalue weighted by Gasteiger charge is -2.15. The zero-order valence-corrected chi connectivity index (χ0v) is 15.1. The topological polar surface area (TPSA) is 129 Å². The number of aromatic carboxylic acids is 1. The highest BCUT2D eigenvalue weighted by Gasteiger charge is 2.30. The first-order chi connectivity index (χ1) is 12.9. The van der Waals surface area contributed by atoms with Gasteiger partial charge in [0.15, 0.2) is 0 Å². The molecule has 1 fully saturated rings. The molecule has 0 amide bonds. The number of H-pyrrole nitrogens is 1. The number of carbonyl (C=O) groups is 2. The molecule has 144 valence electrons. The predicted octanol–water partition coefficient (Wildman–Crippen LogP) is 2.66. The highest BCUT2D eigenvalue weighted by atomic mass is 35.5. The van der Waals surface area contributed by atoms with Gasteiger partial charge in [-0.25, -0.2) is 4.79 Å². The van der Waals surface area contributed by atoms with Crippen LogP contribution in [0.2, 0.25) is 5.02 Å². The molecular formula is C18H19ClN2O6. The normalized spacial score (nSPS) is 13.7. The minimum Gasteiger partial charge on any atom is -0.481 e. The maximum atomic E-state index is 12.6. The molecule has 1 aromatic carbocycles. The van der Waals surface area contributed by atoms with Gasteiger partial charge in [-0.1, -0.05) is 11.6 Å². The molecule has 0 atom stereocenters. The maximum Gasteiger partial charge on any atom is 0.341 e. The summed E-state index contributed by atoms with van der Waals surface area (Å²) >= 11 is 6.54. The van der Waals surface area contributed by atoms with E-state index in [1.54, 1.807) is 6.07 Å². The van der Waals surface area contributed by atoms with E-state index >= 15 is 0 Å². The molecule has 0 aliphatic heterocycles. The number of aromatic nitrogens is 1. The average Bonchev–Trinajstić information content (AvgIpc) is 3.43. The fourth-order valence-corrected chi connectivity index (χ4v) is 3.30. The average molecular weight is 395 g/mol. The van der Waals surface area contributed by atoms with E-state index in [-0.39, 0.29) is 36.5 Å². The maximum absolute atomic E-state index is 12.6. The number of benzene rings is 1. The number of carboxylic acids is 2. The van der Waals surface area contributed by atoms with Gasteiger partial charge in [0.25, 0.3) is 0 Å². The van der Waals surface area contributed by atoms with Gasteiger partial charge in [-0.3, -0.25) is 9.59 Å². The number of aromatic amines is 1. The van der Waals surface area contributed by atoms with Crippen molar-refractivity contribution in [2.45, 2.75) is 25.2 Å². The van der Waals surface area contributed by atoms with E-state index in [4.69, 9.17) is 21.4 Å². The summed E-state index contributed by atoms with van der Waals surface area (Å²) < 4.78 is 5.23. The summed E-state index contributed by atoms with van der Waals surface area (Å²) in [5.74, 6) is -1.98. The van der Waals surface area contributed by atoms with Crippen LogP contribution in [-0.2, 0) is 9.53 Å². The smallest absolute Gasteiger partial charge is 0.341 e. The van der Waals surface area contributed by atoms with Gasteiger partial charge in [0.2, 0.25) is 5.43 Å². The van der Waals surface area contributed by atoms with Gasteiger partial charge in [-0.05, 0) is 24.8 Å². The van der Waals surface area contributed by atoms with Crippen LogP contribution >= 0.6 is 11.6 Å². The van der Waals surface area contributed by atoms with Crippen LogP contribution < -0.4 is 10.7 Å². The number of anilines is 1. The molecule has 1 aliphatic rings. The molecular weight excluding hydrogens is 376 g/mol. The summed E-state index contributed by atoms with van der Waals surface area (Å²) in [6.07, 6.45) is 3.05. The lowest BCUT2D eigenvalue weighted by atomic mass is 10.0. The van der Waals surface area contributed by atoms with Crippen LogP contribution in [-0.4, -0.2) is 46.9 Å². The first-order valence-corrected chi connectivity index (χ1v) is 8.92. The molecule has 1 aromatic heterocycles. The number of ether oxygens (including phenoxy) is 1. The van der Waals surface area contributed by atoms with Gasteiger partial charge < -0.3 is 25.3 Å². The number of rotatable bonds is 9. The quantitative estimate of drug-likeness (QED) is 0.481. The van der Waals surface area contributed by atoms with Crippen molar-refractivity contribution in [1.82, 2.24) is 4.98 Å². The minimum absolute atomic E-state index is 0.0735. The molecule has 8 nitrogen and oxygen atoms in total. The van der Waals surface area contributed by atoms with Crippen LogP contribution in [0.5, 0.6) is 0 Å². The molecule has 2 aromatic rings. The van der Waals surface area contributed by atoms with Crippen molar-refractivity contribution < 1.29 is 24.5 Å². The molecule has 27 heavy (non-hydrogen) atoms. The molecule has 0 bridgehead atoms. The number of pyridine rings is 1. The van der Waals surface area contributed by atoms with Crippen molar-refractivity contribution in [1.29, 1.82) is 0 Å². The Kier molecular flexibility index (Phi) is 5.67. The Hall–Kier alpha value is -2.58. The molecule has 0 unspecified atom stereocenters. The van der Waals surface area contributed by atoms with Crippen molar-refractivity contribution in [3.8, 4) is 0 Å². The number of hydrogen-bond donors (Lipinski definition) is 4. The van der Waals surface area contributed by atoms with E-state index in [0.717, 1.165) is 18.4 Å². The molecule has 1 aliphatic carbocycles. The van der Waals surface area contributed by atoms with E-state index in [1.807, 2.05) is 0 Å². The third-order valence-electron chi connectivity index (χ3n) is 4.39. The largest absolute Gasteiger partial charge is 0.481 e. The standard InChI is InChI=1S/C18H19ClN2O6/c19-15-12(20-4-6-27-5-3-13(22)23)7-10-16(14(15)9-1-2-9)21-8-11(17(10)24)18(25)26/h7-9,20H,1-6H2,(H,21,24)(H,22,23)(H,25,26). The molecule has 0 radical (unpaired) electrons. The van der Waals surface area contributed by atoms with E-state index in [1.165, 1.54) is 6.20 Å². The second-order valence-electron chi connectivity index (χ2n) is 6.37. The lowest BCUT2D eigenvalue weighted by molar-refractivity contribution is -0.138. The third kappa shape index (κ3) is 4.23. The molecule has 0 spiro atoms. The van der Waals surface area contributed by atoms with Gasteiger partial charge in [-0.2, -0.15) is 0 Å². The summed E-state index contributed by atoms with van der Waals surface area (Å²) in [7, 11) is 0. The number of nitrogens with one attached hydrogen (secondary N) is 2. The lowest BCUT2D eigenvalue weighted by Crippen LogP contribution is -2.17. The number of fused-ring (bicyclic) bond motifs is 1.